The largest absolute Gasteiger partial charge is 0.468 e. The van der Waals surface area contributed by atoms with Crippen LogP contribution in [0.3, 0.4) is 0 Å². The fourth-order valence-electron chi connectivity index (χ4n) is 3.93. The highest BCUT2D eigenvalue weighted by atomic mass is 32.2. The molecule has 2 aromatic carbocycles. The molecule has 0 fully saturated rings. The highest BCUT2D eigenvalue weighted by Gasteiger charge is 2.27. The number of carbonyl (C=O) groups excluding carboxylic acids is 1. The van der Waals surface area contributed by atoms with Gasteiger partial charge in [-0.2, -0.15) is 4.31 Å². The number of nitrogens with zero attached hydrogens (tertiary/aromatic N) is 1. The van der Waals surface area contributed by atoms with E-state index in [1.165, 1.54) is 16.1 Å². The molecule has 0 atom stereocenters. The van der Waals surface area contributed by atoms with Gasteiger partial charge in [-0.15, -0.1) is 0 Å². The molecule has 1 aliphatic rings. The van der Waals surface area contributed by atoms with Gasteiger partial charge in [0.25, 0.3) is 5.91 Å². The van der Waals surface area contributed by atoms with E-state index in [0.717, 1.165) is 36.8 Å². The summed E-state index contributed by atoms with van der Waals surface area (Å²) >= 11 is 0. The lowest BCUT2D eigenvalue weighted by Crippen LogP contribution is -2.30. The summed E-state index contributed by atoms with van der Waals surface area (Å²) in [5.74, 6) is 0.393. The molecule has 0 unspecified atom stereocenters. The van der Waals surface area contributed by atoms with Crippen LogP contribution in [0.4, 0.5) is 0 Å². The van der Waals surface area contributed by atoms with E-state index in [1.54, 1.807) is 49.5 Å². The van der Waals surface area contributed by atoms with Gasteiger partial charge < -0.3 is 9.73 Å². The minimum Gasteiger partial charge on any atom is -0.468 e. The summed E-state index contributed by atoms with van der Waals surface area (Å²) in [5, 5.41) is 2.58. The molecule has 0 saturated heterocycles. The molecule has 1 heterocycles. The van der Waals surface area contributed by atoms with Crippen LogP contribution in [0.25, 0.3) is 0 Å². The van der Waals surface area contributed by atoms with Gasteiger partial charge in [0.05, 0.1) is 17.7 Å². The maximum atomic E-state index is 13.6. The SMILES string of the molecule is CNC(=O)c1ccc(CN(Cc2ccco2)S(=O)(=O)c2ccc3c(c2)CCCC3)cc1. The number of benzene rings is 2. The van der Waals surface area contributed by atoms with Crippen molar-refractivity contribution in [2.24, 2.45) is 0 Å². The van der Waals surface area contributed by atoms with E-state index in [-0.39, 0.29) is 19.0 Å². The number of furan rings is 1. The molecule has 0 bridgehead atoms. The quantitative estimate of drug-likeness (QED) is 0.607. The van der Waals surface area contributed by atoms with Crippen molar-refractivity contribution in [1.29, 1.82) is 0 Å². The summed E-state index contributed by atoms with van der Waals surface area (Å²) in [4.78, 5) is 12.1. The molecule has 3 aromatic rings. The molecule has 4 rings (SSSR count). The van der Waals surface area contributed by atoms with E-state index < -0.39 is 10.0 Å². The summed E-state index contributed by atoms with van der Waals surface area (Å²) in [6.07, 6.45) is 5.69. The minimum absolute atomic E-state index is 0.129. The van der Waals surface area contributed by atoms with Crippen LogP contribution in [0.15, 0.2) is 70.2 Å². The van der Waals surface area contributed by atoms with Crippen LogP contribution in [0.1, 0.15) is 45.7 Å². The molecule has 162 valence electrons. The summed E-state index contributed by atoms with van der Waals surface area (Å²) < 4.78 is 34.0. The Bertz CT molecular complexity index is 1150. The highest BCUT2D eigenvalue weighted by molar-refractivity contribution is 7.89. The van der Waals surface area contributed by atoms with Crippen molar-refractivity contribution in [2.45, 2.75) is 43.7 Å². The molecular formula is C24H26N2O4S. The van der Waals surface area contributed by atoms with Gasteiger partial charge in [-0.25, -0.2) is 8.42 Å². The Morgan fingerprint density at radius 1 is 1.00 bits per heavy atom. The second-order valence-electron chi connectivity index (χ2n) is 7.77. The highest BCUT2D eigenvalue weighted by Crippen LogP contribution is 2.27. The number of carbonyl (C=O) groups is 1. The van der Waals surface area contributed by atoms with Gasteiger partial charge in [-0.1, -0.05) is 18.2 Å². The number of hydrogen-bond donors (Lipinski definition) is 1. The zero-order valence-corrected chi connectivity index (χ0v) is 18.3. The van der Waals surface area contributed by atoms with Crippen molar-refractivity contribution in [1.82, 2.24) is 9.62 Å². The second-order valence-corrected chi connectivity index (χ2v) is 9.70. The van der Waals surface area contributed by atoms with Crippen molar-refractivity contribution in [3.63, 3.8) is 0 Å². The van der Waals surface area contributed by atoms with Crippen molar-refractivity contribution in [3.8, 4) is 0 Å². The van der Waals surface area contributed by atoms with E-state index in [1.807, 2.05) is 12.1 Å². The predicted octanol–water partition coefficient (Wildman–Crippen LogP) is 3.91. The van der Waals surface area contributed by atoms with E-state index in [2.05, 4.69) is 5.32 Å². The molecule has 0 saturated carbocycles. The average Bonchev–Trinajstić information content (AvgIpc) is 3.31. The molecule has 0 aliphatic heterocycles. The standard InChI is InChI=1S/C24H26N2O4S/c1-25-24(27)20-10-8-18(9-11-20)16-26(17-22-7-4-14-30-22)31(28,29)23-13-12-19-5-2-3-6-21(19)15-23/h4,7-15H,2-3,5-6,16-17H2,1H3,(H,25,27). The van der Waals surface area contributed by atoms with Crippen LogP contribution >= 0.6 is 0 Å². The summed E-state index contributed by atoms with van der Waals surface area (Å²) in [7, 11) is -2.17. The maximum Gasteiger partial charge on any atom is 0.251 e. The maximum absolute atomic E-state index is 13.6. The van der Waals surface area contributed by atoms with E-state index in [0.29, 0.717) is 16.2 Å². The molecule has 1 aromatic heterocycles. The number of nitrogens with one attached hydrogen (secondary N) is 1. The van der Waals surface area contributed by atoms with Gasteiger partial charge in [0.2, 0.25) is 10.0 Å². The molecule has 0 radical (unpaired) electrons. The average molecular weight is 439 g/mol. The van der Waals surface area contributed by atoms with Crippen molar-refractivity contribution >= 4 is 15.9 Å². The normalized spacial score (nSPS) is 13.7. The van der Waals surface area contributed by atoms with Gasteiger partial charge in [-0.3, -0.25) is 4.79 Å². The van der Waals surface area contributed by atoms with E-state index in [9.17, 15) is 13.2 Å². The van der Waals surface area contributed by atoms with Gasteiger partial charge in [0.1, 0.15) is 5.76 Å². The minimum atomic E-state index is -3.75. The smallest absolute Gasteiger partial charge is 0.251 e. The van der Waals surface area contributed by atoms with Gasteiger partial charge in [0.15, 0.2) is 0 Å². The summed E-state index contributed by atoms with van der Waals surface area (Å²) in [6, 6.07) is 16.0. The van der Waals surface area contributed by atoms with Crippen LogP contribution in [-0.4, -0.2) is 25.7 Å². The van der Waals surface area contributed by atoms with E-state index >= 15 is 0 Å². The van der Waals surface area contributed by atoms with Gasteiger partial charge in [0, 0.05) is 19.2 Å². The van der Waals surface area contributed by atoms with Gasteiger partial charge in [-0.05, 0) is 78.8 Å². The predicted molar refractivity (Wildman–Crippen MR) is 118 cm³/mol. The number of fused-ring (bicyclic) bond motifs is 1. The lowest BCUT2D eigenvalue weighted by Gasteiger charge is -2.23. The number of sulfonamides is 1. The fourth-order valence-corrected chi connectivity index (χ4v) is 5.38. The summed E-state index contributed by atoms with van der Waals surface area (Å²) in [6.45, 7) is 0.303. The Morgan fingerprint density at radius 3 is 2.42 bits per heavy atom. The Hall–Kier alpha value is -2.90. The van der Waals surface area contributed by atoms with Crippen molar-refractivity contribution in [2.75, 3.05) is 7.05 Å². The fraction of sp³-hybridized carbons (Fsp3) is 0.292. The molecule has 31 heavy (non-hydrogen) atoms. The number of amides is 1. The van der Waals surface area contributed by atoms with Crippen LogP contribution < -0.4 is 5.32 Å². The first-order valence-electron chi connectivity index (χ1n) is 10.4. The van der Waals surface area contributed by atoms with Crippen LogP contribution in [0.5, 0.6) is 0 Å². The van der Waals surface area contributed by atoms with Crippen LogP contribution in [-0.2, 0) is 36.0 Å². The zero-order valence-electron chi connectivity index (χ0n) is 17.5. The third-order valence-corrected chi connectivity index (χ3v) is 7.46. The van der Waals surface area contributed by atoms with Crippen LogP contribution in [0.2, 0.25) is 0 Å². The first-order chi connectivity index (χ1) is 15.0. The van der Waals surface area contributed by atoms with Crippen molar-refractivity contribution < 1.29 is 17.6 Å². The monoisotopic (exact) mass is 438 g/mol. The Balaban J connectivity index is 1.65. The first kappa shape index (κ1) is 21.3. The lowest BCUT2D eigenvalue weighted by molar-refractivity contribution is 0.0963. The van der Waals surface area contributed by atoms with Gasteiger partial charge >= 0.3 is 0 Å². The molecule has 1 N–H and O–H groups in total. The molecule has 7 heteroatoms. The Labute approximate surface area is 182 Å². The molecule has 0 spiro atoms. The van der Waals surface area contributed by atoms with E-state index in [4.69, 9.17) is 4.42 Å². The number of rotatable bonds is 7. The zero-order chi connectivity index (χ0) is 21.8. The third-order valence-electron chi connectivity index (χ3n) is 5.67. The Kier molecular flexibility index (Phi) is 6.25. The number of hydrogen-bond acceptors (Lipinski definition) is 4. The molecular weight excluding hydrogens is 412 g/mol. The summed E-state index contributed by atoms with van der Waals surface area (Å²) in [5.41, 5.74) is 3.69. The number of aryl methyl sites for hydroxylation is 2. The Morgan fingerprint density at radius 2 is 1.74 bits per heavy atom. The molecule has 1 amide bonds. The topological polar surface area (TPSA) is 79.6 Å². The lowest BCUT2D eigenvalue weighted by atomic mass is 9.92. The second kappa shape index (κ2) is 9.08. The van der Waals surface area contributed by atoms with Crippen molar-refractivity contribution in [3.05, 3.63) is 88.9 Å². The third kappa shape index (κ3) is 4.73. The first-order valence-corrected chi connectivity index (χ1v) is 11.9. The van der Waals surface area contributed by atoms with Crippen LogP contribution in [0, 0.1) is 0 Å². The molecule has 1 aliphatic carbocycles. The molecule has 6 nitrogen and oxygen atoms in total.